The molecule has 1 saturated carbocycles. The first-order valence-electron chi connectivity index (χ1n) is 6.60. The van der Waals surface area contributed by atoms with Gasteiger partial charge < -0.3 is 5.32 Å². The van der Waals surface area contributed by atoms with Gasteiger partial charge in [0.25, 0.3) is 0 Å². The zero-order valence-electron chi connectivity index (χ0n) is 10.7. The minimum Gasteiger partial charge on any atom is -0.316 e. The SMILES string of the molecule is CC(C)CNCC1CCCC1c1cscc1Br. The largest absolute Gasteiger partial charge is 0.316 e. The highest BCUT2D eigenvalue weighted by Crippen LogP contribution is 2.43. The van der Waals surface area contributed by atoms with Crippen LogP contribution in [0.25, 0.3) is 0 Å². The molecule has 0 amide bonds. The van der Waals surface area contributed by atoms with E-state index in [4.69, 9.17) is 0 Å². The Balaban J connectivity index is 1.91. The molecule has 17 heavy (non-hydrogen) atoms. The summed E-state index contributed by atoms with van der Waals surface area (Å²) < 4.78 is 1.32. The molecular formula is C14H22BrNS. The van der Waals surface area contributed by atoms with Gasteiger partial charge in [-0.1, -0.05) is 20.3 Å². The molecule has 0 radical (unpaired) electrons. The van der Waals surface area contributed by atoms with Gasteiger partial charge in [0.15, 0.2) is 0 Å². The number of rotatable bonds is 5. The molecule has 0 aliphatic heterocycles. The standard InChI is InChI=1S/C14H22BrNS/c1-10(2)6-16-7-11-4-3-5-12(11)13-8-17-9-14(13)15/h8-12,16H,3-7H2,1-2H3. The van der Waals surface area contributed by atoms with E-state index in [1.807, 2.05) is 11.3 Å². The predicted octanol–water partition coefficient (Wildman–Crippen LogP) is 4.64. The molecule has 0 bridgehead atoms. The lowest BCUT2D eigenvalue weighted by molar-refractivity contribution is 0.425. The Morgan fingerprint density at radius 3 is 2.88 bits per heavy atom. The molecule has 1 aliphatic rings. The van der Waals surface area contributed by atoms with Gasteiger partial charge in [0.1, 0.15) is 0 Å². The first-order valence-corrected chi connectivity index (χ1v) is 8.34. The van der Waals surface area contributed by atoms with Crippen molar-refractivity contribution in [3.63, 3.8) is 0 Å². The van der Waals surface area contributed by atoms with Crippen LogP contribution in [-0.2, 0) is 0 Å². The molecule has 0 aromatic carbocycles. The van der Waals surface area contributed by atoms with Crippen LogP contribution in [0.15, 0.2) is 15.2 Å². The van der Waals surface area contributed by atoms with Crippen molar-refractivity contribution in [2.45, 2.75) is 39.0 Å². The number of halogens is 1. The minimum atomic E-state index is 0.753. The topological polar surface area (TPSA) is 12.0 Å². The van der Waals surface area contributed by atoms with E-state index in [9.17, 15) is 0 Å². The van der Waals surface area contributed by atoms with Crippen LogP contribution in [0, 0.1) is 11.8 Å². The predicted molar refractivity (Wildman–Crippen MR) is 79.8 cm³/mol. The van der Waals surface area contributed by atoms with Gasteiger partial charge in [-0.05, 0) is 70.6 Å². The maximum absolute atomic E-state index is 3.69. The summed E-state index contributed by atoms with van der Waals surface area (Å²) >= 11 is 5.50. The van der Waals surface area contributed by atoms with Crippen molar-refractivity contribution < 1.29 is 0 Å². The monoisotopic (exact) mass is 315 g/mol. The lowest BCUT2D eigenvalue weighted by Crippen LogP contribution is -2.27. The fraction of sp³-hybridized carbons (Fsp3) is 0.714. The highest BCUT2D eigenvalue weighted by atomic mass is 79.9. The van der Waals surface area contributed by atoms with Crippen LogP contribution in [0.2, 0.25) is 0 Å². The Hall–Kier alpha value is 0.140. The summed E-state index contributed by atoms with van der Waals surface area (Å²) in [6, 6.07) is 0. The van der Waals surface area contributed by atoms with Gasteiger partial charge in [-0.2, -0.15) is 11.3 Å². The van der Waals surface area contributed by atoms with Gasteiger partial charge in [0.05, 0.1) is 0 Å². The van der Waals surface area contributed by atoms with Gasteiger partial charge in [-0.3, -0.25) is 0 Å². The molecule has 1 heterocycles. The Morgan fingerprint density at radius 2 is 2.24 bits per heavy atom. The zero-order valence-corrected chi connectivity index (χ0v) is 13.1. The molecule has 2 unspecified atom stereocenters. The molecule has 1 N–H and O–H groups in total. The van der Waals surface area contributed by atoms with E-state index in [-0.39, 0.29) is 0 Å². The van der Waals surface area contributed by atoms with Crippen molar-refractivity contribution in [1.29, 1.82) is 0 Å². The van der Waals surface area contributed by atoms with Crippen LogP contribution < -0.4 is 5.32 Å². The molecule has 2 atom stereocenters. The highest BCUT2D eigenvalue weighted by Gasteiger charge is 2.29. The number of thiophene rings is 1. The average Bonchev–Trinajstić information content (AvgIpc) is 2.86. The lowest BCUT2D eigenvalue weighted by atomic mass is 9.90. The maximum Gasteiger partial charge on any atom is 0.0317 e. The molecular weight excluding hydrogens is 294 g/mol. The summed E-state index contributed by atoms with van der Waals surface area (Å²) in [5.74, 6) is 2.36. The molecule has 0 spiro atoms. The minimum absolute atomic E-state index is 0.753. The summed E-state index contributed by atoms with van der Waals surface area (Å²) in [6.45, 7) is 6.88. The van der Waals surface area contributed by atoms with Crippen LogP contribution in [0.5, 0.6) is 0 Å². The third-order valence-electron chi connectivity index (χ3n) is 3.66. The second-order valence-corrected chi connectivity index (χ2v) is 7.12. The Kier molecular flexibility index (Phi) is 5.07. The molecule has 1 aromatic rings. The quantitative estimate of drug-likeness (QED) is 0.834. The van der Waals surface area contributed by atoms with Gasteiger partial charge in [0.2, 0.25) is 0 Å². The Bertz CT molecular complexity index is 348. The average molecular weight is 316 g/mol. The normalized spacial score (nSPS) is 24.7. The second kappa shape index (κ2) is 6.35. The smallest absolute Gasteiger partial charge is 0.0317 e. The van der Waals surface area contributed by atoms with Crippen molar-refractivity contribution >= 4 is 27.3 Å². The van der Waals surface area contributed by atoms with Crippen molar-refractivity contribution in [1.82, 2.24) is 5.32 Å². The molecule has 96 valence electrons. The summed E-state index contributed by atoms with van der Waals surface area (Å²) in [6.07, 6.45) is 4.14. The van der Waals surface area contributed by atoms with Crippen molar-refractivity contribution in [2.75, 3.05) is 13.1 Å². The van der Waals surface area contributed by atoms with Crippen molar-refractivity contribution in [3.8, 4) is 0 Å². The third kappa shape index (κ3) is 3.55. The van der Waals surface area contributed by atoms with E-state index >= 15 is 0 Å². The van der Waals surface area contributed by atoms with Gasteiger partial charge in [-0.25, -0.2) is 0 Å². The molecule has 1 aliphatic carbocycles. The number of hydrogen-bond donors (Lipinski definition) is 1. The fourth-order valence-electron chi connectivity index (χ4n) is 2.80. The van der Waals surface area contributed by atoms with Gasteiger partial charge >= 0.3 is 0 Å². The van der Waals surface area contributed by atoms with Crippen LogP contribution >= 0.6 is 27.3 Å². The fourth-order valence-corrected chi connectivity index (χ4v) is 4.46. The van der Waals surface area contributed by atoms with Gasteiger partial charge in [-0.15, -0.1) is 0 Å². The number of hydrogen-bond acceptors (Lipinski definition) is 2. The Labute approximate surface area is 117 Å². The van der Waals surface area contributed by atoms with Crippen LogP contribution in [0.3, 0.4) is 0 Å². The van der Waals surface area contributed by atoms with E-state index in [2.05, 4.69) is 45.9 Å². The van der Waals surface area contributed by atoms with Crippen molar-refractivity contribution in [3.05, 3.63) is 20.8 Å². The van der Waals surface area contributed by atoms with Crippen LogP contribution in [0.4, 0.5) is 0 Å². The summed E-state index contributed by atoms with van der Waals surface area (Å²) in [7, 11) is 0. The summed E-state index contributed by atoms with van der Waals surface area (Å²) in [5.41, 5.74) is 1.55. The van der Waals surface area contributed by atoms with E-state index < -0.39 is 0 Å². The third-order valence-corrected chi connectivity index (χ3v) is 5.41. The van der Waals surface area contributed by atoms with Crippen molar-refractivity contribution in [2.24, 2.45) is 11.8 Å². The highest BCUT2D eigenvalue weighted by molar-refractivity contribution is 9.10. The molecule has 0 saturated heterocycles. The van der Waals surface area contributed by atoms with E-state index in [1.165, 1.54) is 30.3 Å². The summed E-state index contributed by atoms with van der Waals surface area (Å²) in [4.78, 5) is 0. The summed E-state index contributed by atoms with van der Waals surface area (Å²) in [5, 5.41) is 8.17. The van der Waals surface area contributed by atoms with Gasteiger partial charge in [0, 0.05) is 9.85 Å². The van der Waals surface area contributed by atoms with E-state index in [0.717, 1.165) is 24.3 Å². The van der Waals surface area contributed by atoms with Crippen LogP contribution in [0.1, 0.15) is 44.6 Å². The first-order chi connectivity index (χ1) is 8.18. The zero-order chi connectivity index (χ0) is 12.3. The molecule has 1 fully saturated rings. The van der Waals surface area contributed by atoms with Crippen LogP contribution in [-0.4, -0.2) is 13.1 Å². The maximum atomic E-state index is 3.69. The first kappa shape index (κ1) is 13.6. The Morgan fingerprint density at radius 1 is 1.41 bits per heavy atom. The second-order valence-electron chi connectivity index (χ2n) is 5.52. The molecule has 3 heteroatoms. The number of nitrogens with one attached hydrogen (secondary N) is 1. The molecule has 1 nitrogen and oxygen atoms in total. The van der Waals surface area contributed by atoms with E-state index in [0.29, 0.717) is 0 Å². The lowest BCUT2D eigenvalue weighted by Gasteiger charge is -2.20. The van der Waals surface area contributed by atoms with E-state index in [1.54, 1.807) is 5.56 Å². The molecule has 2 rings (SSSR count). The molecule has 1 aromatic heterocycles.